The maximum Gasteiger partial charge on any atom is 0.123 e. The molecule has 13 heavy (non-hydrogen) atoms. The summed E-state index contributed by atoms with van der Waals surface area (Å²) in [6, 6.07) is 4.84. The van der Waals surface area contributed by atoms with Crippen molar-refractivity contribution in [3.63, 3.8) is 0 Å². The quantitative estimate of drug-likeness (QED) is 0.843. The van der Waals surface area contributed by atoms with Crippen LogP contribution in [0.25, 0.3) is 0 Å². The van der Waals surface area contributed by atoms with Crippen LogP contribution in [-0.2, 0) is 5.54 Å². The second-order valence-electron chi connectivity index (χ2n) is 3.46. The summed E-state index contributed by atoms with van der Waals surface area (Å²) in [7, 11) is 1.92. The summed E-state index contributed by atoms with van der Waals surface area (Å²) in [5, 5.41) is 3.24. The highest BCUT2D eigenvalue weighted by Crippen LogP contribution is 2.47. The van der Waals surface area contributed by atoms with Gasteiger partial charge in [0.1, 0.15) is 5.82 Å². The summed E-state index contributed by atoms with van der Waals surface area (Å²) < 4.78 is 14.0. The Kier molecular flexibility index (Phi) is 2.16. The lowest BCUT2D eigenvalue weighted by Crippen LogP contribution is -2.25. The SMILES string of the molecule is CNC1(c2cc(F)ccc2Br)CC1. The van der Waals surface area contributed by atoms with Crippen LogP contribution in [0.3, 0.4) is 0 Å². The Hall–Kier alpha value is -0.410. The van der Waals surface area contributed by atoms with E-state index in [4.69, 9.17) is 0 Å². The summed E-state index contributed by atoms with van der Waals surface area (Å²) in [6.07, 6.45) is 2.18. The number of nitrogens with one attached hydrogen (secondary N) is 1. The molecule has 0 spiro atoms. The molecule has 0 unspecified atom stereocenters. The van der Waals surface area contributed by atoms with Crippen molar-refractivity contribution in [1.29, 1.82) is 0 Å². The molecular weight excluding hydrogens is 233 g/mol. The lowest BCUT2D eigenvalue weighted by Gasteiger charge is -2.16. The minimum Gasteiger partial charge on any atom is -0.310 e. The summed E-state index contributed by atoms with van der Waals surface area (Å²) in [5.74, 6) is -0.167. The molecule has 0 saturated heterocycles. The Balaban J connectivity index is 2.44. The molecule has 1 aromatic carbocycles. The van der Waals surface area contributed by atoms with Gasteiger partial charge in [-0.3, -0.25) is 0 Å². The second kappa shape index (κ2) is 3.07. The van der Waals surface area contributed by atoms with Crippen molar-refractivity contribution < 1.29 is 4.39 Å². The molecule has 2 rings (SSSR count). The molecule has 0 amide bonds. The van der Waals surface area contributed by atoms with E-state index in [1.165, 1.54) is 6.07 Å². The Bertz CT molecular complexity index is 334. The van der Waals surface area contributed by atoms with Gasteiger partial charge in [-0.1, -0.05) is 15.9 Å². The van der Waals surface area contributed by atoms with E-state index >= 15 is 0 Å². The standard InChI is InChI=1S/C10H11BrFN/c1-13-10(4-5-10)8-6-7(12)2-3-9(8)11/h2-3,6,13H,4-5H2,1H3. The van der Waals surface area contributed by atoms with Crippen LogP contribution in [0.15, 0.2) is 22.7 Å². The first-order valence-electron chi connectivity index (χ1n) is 4.32. The van der Waals surface area contributed by atoms with Gasteiger partial charge in [0.05, 0.1) is 0 Å². The monoisotopic (exact) mass is 243 g/mol. The first kappa shape index (κ1) is 9.16. The molecule has 0 aliphatic heterocycles. The molecule has 70 valence electrons. The van der Waals surface area contributed by atoms with Gasteiger partial charge >= 0.3 is 0 Å². The molecular formula is C10H11BrFN. The van der Waals surface area contributed by atoms with Crippen molar-refractivity contribution in [2.45, 2.75) is 18.4 Å². The Morgan fingerprint density at radius 2 is 2.15 bits per heavy atom. The molecule has 1 nitrogen and oxygen atoms in total. The van der Waals surface area contributed by atoms with Crippen LogP contribution >= 0.6 is 15.9 Å². The van der Waals surface area contributed by atoms with Gasteiger partial charge in [-0.2, -0.15) is 0 Å². The summed E-state index contributed by atoms with van der Waals surface area (Å²) in [6.45, 7) is 0. The van der Waals surface area contributed by atoms with Crippen LogP contribution in [0.4, 0.5) is 4.39 Å². The maximum atomic E-state index is 13.0. The fourth-order valence-corrected chi connectivity index (χ4v) is 2.27. The third-order valence-corrected chi connectivity index (χ3v) is 3.36. The van der Waals surface area contributed by atoms with E-state index in [1.54, 1.807) is 12.1 Å². The van der Waals surface area contributed by atoms with Crippen molar-refractivity contribution in [2.24, 2.45) is 0 Å². The average Bonchev–Trinajstić information content (AvgIpc) is 2.90. The highest BCUT2D eigenvalue weighted by Gasteiger charge is 2.44. The van der Waals surface area contributed by atoms with E-state index in [0.29, 0.717) is 0 Å². The van der Waals surface area contributed by atoms with Crippen molar-refractivity contribution in [1.82, 2.24) is 5.32 Å². The van der Waals surface area contributed by atoms with Gasteiger partial charge in [0.25, 0.3) is 0 Å². The average molecular weight is 244 g/mol. The zero-order valence-electron chi connectivity index (χ0n) is 7.40. The lowest BCUT2D eigenvalue weighted by molar-refractivity contribution is 0.568. The topological polar surface area (TPSA) is 12.0 Å². The Labute approximate surface area is 85.5 Å². The molecule has 0 aromatic heterocycles. The number of hydrogen-bond donors (Lipinski definition) is 1. The van der Waals surface area contributed by atoms with Crippen molar-refractivity contribution >= 4 is 15.9 Å². The number of hydrogen-bond acceptors (Lipinski definition) is 1. The van der Waals surface area contributed by atoms with E-state index in [-0.39, 0.29) is 11.4 Å². The predicted molar refractivity (Wildman–Crippen MR) is 54.1 cm³/mol. The highest BCUT2D eigenvalue weighted by molar-refractivity contribution is 9.10. The van der Waals surface area contributed by atoms with E-state index < -0.39 is 0 Å². The van der Waals surface area contributed by atoms with Gasteiger partial charge < -0.3 is 5.32 Å². The molecule has 1 N–H and O–H groups in total. The van der Waals surface area contributed by atoms with Gasteiger partial charge in [-0.25, -0.2) is 4.39 Å². The molecule has 1 aliphatic carbocycles. The zero-order chi connectivity index (χ0) is 9.47. The van der Waals surface area contributed by atoms with Crippen LogP contribution in [0.1, 0.15) is 18.4 Å². The van der Waals surface area contributed by atoms with Gasteiger partial charge in [0.2, 0.25) is 0 Å². The third-order valence-electron chi connectivity index (χ3n) is 2.67. The smallest absolute Gasteiger partial charge is 0.123 e. The number of benzene rings is 1. The summed E-state index contributed by atoms with van der Waals surface area (Å²) >= 11 is 3.44. The minimum absolute atomic E-state index is 0.0287. The maximum absolute atomic E-state index is 13.0. The van der Waals surface area contributed by atoms with Crippen molar-refractivity contribution in [3.8, 4) is 0 Å². The Morgan fingerprint density at radius 3 is 2.69 bits per heavy atom. The third kappa shape index (κ3) is 1.51. The predicted octanol–water partition coefficient (Wildman–Crippen LogP) is 2.80. The van der Waals surface area contributed by atoms with Gasteiger partial charge in [-0.15, -0.1) is 0 Å². The molecule has 1 saturated carbocycles. The second-order valence-corrected chi connectivity index (χ2v) is 4.31. The largest absolute Gasteiger partial charge is 0.310 e. The molecule has 0 heterocycles. The fraction of sp³-hybridized carbons (Fsp3) is 0.400. The van der Waals surface area contributed by atoms with Crippen molar-refractivity contribution in [3.05, 3.63) is 34.1 Å². The van der Waals surface area contributed by atoms with E-state index in [2.05, 4.69) is 21.2 Å². The minimum atomic E-state index is -0.167. The lowest BCUT2D eigenvalue weighted by atomic mass is 10.1. The molecule has 1 aromatic rings. The van der Waals surface area contributed by atoms with Gasteiger partial charge in [0, 0.05) is 10.0 Å². The zero-order valence-corrected chi connectivity index (χ0v) is 8.99. The fourth-order valence-electron chi connectivity index (χ4n) is 1.64. The molecule has 0 bridgehead atoms. The summed E-state index contributed by atoms with van der Waals surface area (Å²) in [4.78, 5) is 0. The summed E-state index contributed by atoms with van der Waals surface area (Å²) in [5.41, 5.74) is 1.07. The van der Waals surface area contributed by atoms with Gasteiger partial charge in [-0.05, 0) is 43.7 Å². The van der Waals surface area contributed by atoms with Crippen molar-refractivity contribution in [2.75, 3.05) is 7.05 Å². The molecule has 1 aliphatic rings. The first-order chi connectivity index (χ1) is 6.18. The highest BCUT2D eigenvalue weighted by atomic mass is 79.9. The van der Waals surface area contributed by atoms with E-state index in [0.717, 1.165) is 22.9 Å². The van der Waals surface area contributed by atoms with Gasteiger partial charge in [0.15, 0.2) is 0 Å². The van der Waals surface area contributed by atoms with Crippen LogP contribution in [0.5, 0.6) is 0 Å². The molecule has 0 atom stereocenters. The molecule has 1 fully saturated rings. The van der Waals surface area contributed by atoms with Crippen LogP contribution in [-0.4, -0.2) is 7.05 Å². The van der Waals surface area contributed by atoms with Crippen LogP contribution in [0, 0.1) is 5.82 Å². The van der Waals surface area contributed by atoms with Crippen LogP contribution < -0.4 is 5.32 Å². The van der Waals surface area contributed by atoms with E-state index in [1.807, 2.05) is 7.05 Å². The first-order valence-corrected chi connectivity index (χ1v) is 5.12. The van der Waals surface area contributed by atoms with E-state index in [9.17, 15) is 4.39 Å². The van der Waals surface area contributed by atoms with Crippen LogP contribution in [0.2, 0.25) is 0 Å². The molecule has 3 heteroatoms. The number of rotatable bonds is 2. The molecule has 0 radical (unpaired) electrons. The number of halogens is 2. The Morgan fingerprint density at radius 1 is 1.46 bits per heavy atom. The normalized spacial score (nSPS) is 18.7.